The molecule has 1 aromatic heterocycles. The minimum absolute atomic E-state index is 0.486. The molecule has 0 radical (unpaired) electrons. The molecule has 0 amide bonds. The number of pyridine rings is 1. The number of aromatic nitrogens is 1. The first-order chi connectivity index (χ1) is 7.98. The third-order valence-corrected chi connectivity index (χ3v) is 2.96. The first-order valence-corrected chi connectivity index (χ1v) is 5.55. The van der Waals surface area contributed by atoms with E-state index < -0.39 is 11.7 Å². The molecule has 0 unspecified atom stereocenters. The fourth-order valence-electron chi connectivity index (χ4n) is 1.45. The Balaban J connectivity index is 2.51. The summed E-state index contributed by atoms with van der Waals surface area (Å²) >= 11 is 3.29. The molecule has 2 aromatic rings. The summed E-state index contributed by atoms with van der Waals surface area (Å²) in [7, 11) is 0. The maximum atomic E-state index is 12.6. The second-order valence-corrected chi connectivity index (χ2v) is 4.29. The lowest BCUT2D eigenvalue weighted by atomic mass is 10.0. The van der Waals surface area contributed by atoms with Gasteiger partial charge < -0.3 is 0 Å². The first-order valence-electron chi connectivity index (χ1n) is 4.75. The van der Waals surface area contributed by atoms with Gasteiger partial charge in [0.2, 0.25) is 0 Å². The molecule has 0 spiro atoms. The second-order valence-electron chi connectivity index (χ2n) is 3.43. The third kappa shape index (κ3) is 2.66. The van der Waals surface area contributed by atoms with Crippen LogP contribution >= 0.6 is 15.9 Å². The molecule has 2 rings (SSSR count). The van der Waals surface area contributed by atoms with Crippen molar-refractivity contribution in [2.75, 3.05) is 0 Å². The fraction of sp³-hybridized carbons (Fsp3) is 0.0833. The Kier molecular flexibility index (Phi) is 3.19. The summed E-state index contributed by atoms with van der Waals surface area (Å²) in [6, 6.07) is 6.86. The van der Waals surface area contributed by atoms with Crippen LogP contribution in [0.2, 0.25) is 0 Å². The van der Waals surface area contributed by atoms with E-state index in [-0.39, 0.29) is 0 Å². The number of rotatable bonds is 1. The van der Waals surface area contributed by atoms with Gasteiger partial charge >= 0.3 is 6.18 Å². The van der Waals surface area contributed by atoms with Gasteiger partial charge in [0.25, 0.3) is 0 Å². The molecule has 5 heteroatoms. The topological polar surface area (TPSA) is 12.9 Å². The Hall–Kier alpha value is -1.36. The number of nitrogens with zero attached hydrogens (tertiary/aromatic N) is 1. The van der Waals surface area contributed by atoms with Crippen LogP contribution < -0.4 is 0 Å². The molecule has 0 aliphatic carbocycles. The van der Waals surface area contributed by atoms with Crippen LogP contribution in [0.5, 0.6) is 0 Å². The lowest BCUT2D eigenvalue weighted by molar-refractivity contribution is -0.137. The van der Waals surface area contributed by atoms with Crippen LogP contribution in [-0.2, 0) is 6.18 Å². The van der Waals surface area contributed by atoms with Crippen LogP contribution in [0.15, 0.2) is 47.2 Å². The van der Waals surface area contributed by atoms with Gasteiger partial charge in [0.15, 0.2) is 0 Å². The summed E-state index contributed by atoms with van der Waals surface area (Å²) in [5.74, 6) is 0. The average molecular weight is 302 g/mol. The normalized spacial score (nSPS) is 11.5. The number of alkyl halides is 3. The van der Waals surface area contributed by atoms with Crippen LogP contribution in [-0.4, -0.2) is 4.98 Å². The molecular weight excluding hydrogens is 295 g/mol. The molecule has 0 aliphatic rings. The molecule has 0 saturated carbocycles. The Morgan fingerprint density at radius 2 is 1.88 bits per heavy atom. The van der Waals surface area contributed by atoms with Crippen molar-refractivity contribution in [2.24, 2.45) is 0 Å². The zero-order valence-corrected chi connectivity index (χ0v) is 10.1. The van der Waals surface area contributed by atoms with E-state index in [9.17, 15) is 13.2 Å². The summed E-state index contributed by atoms with van der Waals surface area (Å²) in [4.78, 5) is 3.90. The molecule has 1 nitrogen and oxygen atoms in total. The van der Waals surface area contributed by atoms with Gasteiger partial charge in [0, 0.05) is 22.4 Å². The molecule has 0 saturated heterocycles. The van der Waals surface area contributed by atoms with Crippen LogP contribution in [0.3, 0.4) is 0 Å². The van der Waals surface area contributed by atoms with Crippen LogP contribution in [0.1, 0.15) is 5.56 Å². The lowest BCUT2D eigenvalue weighted by Crippen LogP contribution is -2.04. The average Bonchev–Trinajstić information content (AvgIpc) is 2.29. The van der Waals surface area contributed by atoms with E-state index in [1.54, 1.807) is 18.3 Å². The van der Waals surface area contributed by atoms with Gasteiger partial charge in [0.1, 0.15) is 0 Å². The summed E-state index contributed by atoms with van der Waals surface area (Å²) in [6.45, 7) is 0. The van der Waals surface area contributed by atoms with E-state index in [1.165, 1.54) is 12.3 Å². The van der Waals surface area contributed by atoms with E-state index in [0.29, 0.717) is 15.6 Å². The van der Waals surface area contributed by atoms with Crippen molar-refractivity contribution in [2.45, 2.75) is 6.18 Å². The Labute approximate surface area is 104 Å². The van der Waals surface area contributed by atoms with Crippen molar-refractivity contribution in [3.63, 3.8) is 0 Å². The van der Waals surface area contributed by atoms with E-state index in [4.69, 9.17) is 0 Å². The highest BCUT2D eigenvalue weighted by Crippen LogP contribution is 2.33. The molecule has 88 valence electrons. The highest BCUT2D eigenvalue weighted by Gasteiger charge is 2.30. The van der Waals surface area contributed by atoms with E-state index in [0.717, 1.165) is 12.1 Å². The number of benzene rings is 1. The predicted octanol–water partition coefficient (Wildman–Crippen LogP) is 4.53. The van der Waals surface area contributed by atoms with Gasteiger partial charge in [-0.2, -0.15) is 13.2 Å². The highest BCUT2D eigenvalue weighted by atomic mass is 79.9. The summed E-state index contributed by atoms with van der Waals surface area (Å²) < 4.78 is 38.4. The van der Waals surface area contributed by atoms with Crippen molar-refractivity contribution in [1.82, 2.24) is 4.98 Å². The molecule has 1 aromatic carbocycles. The largest absolute Gasteiger partial charge is 0.416 e. The van der Waals surface area contributed by atoms with Gasteiger partial charge in [-0.1, -0.05) is 28.1 Å². The number of hydrogen-bond acceptors (Lipinski definition) is 1. The summed E-state index contributed by atoms with van der Waals surface area (Å²) in [6.07, 6.45) is -1.23. The molecule has 0 atom stereocenters. The zero-order chi connectivity index (χ0) is 12.5. The zero-order valence-electron chi connectivity index (χ0n) is 8.50. The smallest absolute Gasteiger partial charge is 0.264 e. The van der Waals surface area contributed by atoms with E-state index >= 15 is 0 Å². The predicted molar refractivity (Wildman–Crippen MR) is 62.4 cm³/mol. The number of hydrogen-bond donors (Lipinski definition) is 0. The first kappa shape index (κ1) is 12.1. The minimum Gasteiger partial charge on any atom is -0.264 e. The molecule has 0 N–H and O–H groups in total. The minimum atomic E-state index is -4.33. The van der Waals surface area contributed by atoms with Crippen molar-refractivity contribution >= 4 is 15.9 Å². The lowest BCUT2D eigenvalue weighted by Gasteiger charge is -2.09. The van der Waals surface area contributed by atoms with Crippen LogP contribution in [0, 0.1) is 0 Å². The van der Waals surface area contributed by atoms with Crippen LogP contribution in [0.4, 0.5) is 13.2 Å². The van der Waals surface area contributed by atoms with Crippen molar-refractivity contribution in [3.05, 3.63) is 52.8 Å². The standard InChI is InChI=1S/C12H7BrF3N/c13-11-4-5-17-7-10(11)8-2-1-3-9(6-8)12(14,15)16/h1-7H. The van der Waals surface area contributed by atoms with Gasteiger partial charge in [-0.15, -0.1) is 0 Å². The molecule has 0 aliphatic heterocycles. The molecule has 1 heterocycles. The molecular formula is C12H7BrF3N. The maximum absolute atomic E-state index is 12.6. The highest BCUT2D eigenvalue weighted by molar-refractivity contribution is 9.10. The Morgan fingerprint density at radius 1 is 1.12 bits per heavy atom. The SMILES string of the molecule is FC(F)(F)c1cccc(-c2cnccc2Br)c1. The fourth-order valence-corrected chi connectivity index (χ4v) is 1.90. The third-order valence-electron chi connectivity index (χ3n) is 2.27. The van der Waals surface area contributed by atoms with Gasteiger partial charge in [-0.05, 0) is 23.8 Å². The van der Waals surface area contributed by atoms with Crippen molar-refractivity contribution < 1.29 is 13.2 Å². The van der Waals surface area contributed by atoms with Crippen molar-refractivity contribution in [3.8, 4) is 11.1 Å². The summed E-state index contributed by atoms with van der Waals surface area (Å²) in [5.41, 5.74) is 0.462. The number of halogens is 4. The van der Waals surface area contributed by atoms with Crippen LogP contribution in [0.25, 0.3) is 11.1 Å². The molecule has 0 bridgehead atoms. The van der Waals surface area contributed by atoms with E-state index in [2.05, 4.69) is 20.9 Å². The monoisotopic (exact) mass is 301 g/mol. The van der Waals surface area contributed by atoms with Gasteiger partial charge in [0.05, 0.1) is 5.56 Å². The van der Waals surface area contributed by atoms with Gasteiger partial charge in [-0.3, -0.25) is 4.98 Å². The summed E-state index contributed by atoms with van der Waals surface area (Å²) in [5, 5.41) is 0. The quantitative estimate of drug-likeness (QED) is 0.754. The van der Waals surface area contributed by atoms with Crippen molar-refractivity contribution in [1.29, 1.82) is 0 Å². The second kappa shape index (κ2) is 4.49. The Morgan fingerprint density at radius 3 is 2.53 bits per heavy atom. The van der Waals surface area contributed by atoms with E-state index in [1.807, 2.05) is 0 Å². The maximum Gasteiger partial charge on any atom is 0.416 e. The Bertz CT molecular complexity index is 537. The molecule has 17 heavy (non-hydrogen) atoms. The molecule has 0 fully saturated rings. The van der Waals surface area contributed by atoms with Gasteiger partial charge in [-0.25, -0.2) is 0 Å².